The van der Waals surface area contributed by atoms with Crippen molar-refractivity contribution in [3.63, 3.8) is 0 Å². The number of nitrogens with zero attached hydrogens (tertiary/aromatic N) is 1. The monoisotopic (exact) mass is 482 g/mol. The molecule has 0 unspecified atom stereocenters. The normalized spacial score (nSPS) is 20.9. The molecular formula is C27H28F2N2O2S. The van der Waals surface area contributed by atoms with Crippen LogP contribution in [0.25, 0.3) is 22.3 Å². The summed E-state index contributed by atoms with van der Waals surface area (Å²) in [4.78, 5) is 0.160. The molecule has 0 saturated heterocycles. The fourth-order valence-electron chi connectivity index (χ4n) is 5.36. The maximum atomic E-state index is 14.9. The highest BCUT2D eigenvalue weighted by atomic mass is 32.2. The molecule has 178 valence electrons. The third-order valence-electron chi connectivity index (χ3n) is 7.26. The molecule has 34 heavy (non-hydrogen) atoms. The van der Waals surface area contributed by atoms with Gasteiger partial charge in [0.2, 0.25) is 10.0 Å². The molecule has 1 N–H and O–H groups in total. The average Bonchev–Trinajstić information content (AvgIpc) is 2.94. The van der Waals surface area contributed by atoms with Crippen LogP contribution in [0.4, 0.5) is 14.5 Å². The topological polar surface area (TPSA) is 49.4 Å². The zero-order valence-corrected chi connectivity index (χ0v) is 19.9. The highest BCUT2D eigenvalue weighted by molar-refractivity contribution is 7.89. The number of anilines is 1. The molecule has 2 aliphatic rings. The van der Waals surface area contributed by atoms with Crippen LogP contribution >= 0.6 is 0 Å². The van der Waals surface area contributed by atoms with Gasteiger partial charge in [-0.25, -0.2) is 17.2 Å². The molecule has 0 spiro atoms. The molecule has 1 fully saturated rings. The summed E-state index contributed by atoms with van der Waals surface area (Å²) in [6.45, 7) is 0.500. The Hall–Kier alpha value is -2.77. The van der Waals surface area contributed by atoms with Crippen molar-refractivity contribution >= 4 is 15.7 Å². The van der Waals surface area contributed by atoms with E-state index < -0.39 is 21.7 Å². The van der Waals surface area contributed by atoms with Crippen molar-refractivity contribution < 1.29 is 17.2 Å². The van der Waals surface area contributed by atoms with E-state index in [1.54, 1.807) is 49.5 Å². The van der Waals surface area contributed by atoms with Crippen LogP contribution in [0, 0.1) is 17.6 Å². The molecule has 1 saturated carbocycles. The highest BCUT2D eigenvalue weighted by Crippen LogP contribution is 2.42. The number of hydrogen-bond acceptors (Lipinski definition) is 3. The lowest BCUT2D eigenvalue weighted by Gasteiger charge is -2.34. The lowest BCUT2D eigenvalue weighted by Crippen LogP contribution is -2.44. The Morgan fingerprint density at radius 1 is 0.882 bits per heavy atom. The van der Waals surface area contributed by atoms with Crippen molar-refractivity contribution in [1.82, 2.24) is 4.31 Å². The van der Waals surface area contributed by atoms with Gasteiger partial charge in [0.15, 0.2) is 0 Å². The number of fused-ring (bicyclic) bond motifs is 1. The van der Waals surface area contributed by atoms with Crippen LogP contribution in [-0.4, -0.2) is 32.4 Å². The van der Waals surface area contributed by atoms with Crippen molar-refractivity contribution in [1.29, 1.82) is 0 Å². The van der Waals surface area contributed by atoms with Gasteiger partial charge in [0.1, 0.15) is 16.5 Å². The number of likely N-dealkylation sites (N-methyl/N-ethyl adjacent to an activating group) is 1. The van der Waals surface area contributed by atoms with Crippen LogP contribution < -0.4 is 5.32 Å². The molecule has 4 nitrogen and oxygen atoms in total. The summed E-state index contributed by atoms with van der Waals surface area (Å²) in [6.07, 6.45) is 5.47. The predicted molar refractivity (Wildman–Crippen MR) is 131 cm³/mol. The fraction of sp³-hybridized carbons (Fsp3) is 0.333. The largest absolute Gasteiger partial charge is 0.382 e. The lowest BCUT2D eigenvalue weighted by atomic mass is 9.84. The van der Waals surface area contributed by atoms with E-state index >= 15 is 0 Å². The van der Waals surface area contributed by atoms with E-state index in [9.17, 15) is 17.2 Å². The summed E-state index contributed by atoms with van der Waals surface area (Å²) in [5.74, 6) is -0.493. The molecule has 0 radical (unpaired) electrons. The van der Waals surface area contributed by atoms with E-state index in [0.717, 1.165) is 25.7 Å². The van der Waals surface area contributed by atoms with E-state index in [2.05, 4.69) is 5.32 Å². The SMILES string of the molecule is CN1[C@H](C2CCCCC2)CNc2cc(-c3ccccc3F)c(-c3ccc(F)cc3)cc2S1(=O)=O. The molecule has 5 rings (SSSR count). The van der Waals surface area contributed by atoms with Crippen LogP contribution in [-0.2, 0) is 10.0 Å². The van der Waals surface area contributed by atoms with E-state index in [1.165, 1.54) is 28.9 Å². The highest BCUT2D eigenvalue weighted by Gasteiger charge is 2.38. The predicted octanol–water partition coefficient (Wildman–Crippen LogP) is 6.29. The van der Waals surface area contributed by atoms with Gasteiger partial charge in [0.05, 0.1) is 5.69 Å². The smallest absolute Gasteiger partial charge is 0.245 e. The number of halogens is 2. The van der Waals surface area contributed by atoms with Crippen molar-refractivity contribution in [2.75, 3.05) is 18.9 Å². The third-order valence-corrected chi connectivity index (χ3v) is 9.18. The van der Waals surface area contributed by atoms with Crippen molar-refractivity contribution in [2.45, 2.75) is 43.0 Å². The second kappa shape index (κ2) is 9.12. The first-order valence-electron chi connectivity index (χ1n) is 11.8. The molecule has 1 heterocycles. The molecule has 7 heteroatoms. The second-order valence-corrected chi connectivity index (χ2v) is 11.2. The third kappa shape index (κ3) is 4.12. The zero-order valence-electron chi connectivity index (χ0n) is 19.1. The Labute approximate surface area is 199 Å². The maximum absolute atomic E-state index is 14.9. The molecule has 3 aromatic carbocycles. The number of nitrogens with one attached hydrogen (secondary N) is 1. The second-order valence-electron chi connectivity index (χ2n) is 9.25. The molecule has 0 amide bonds. The van der Waals surface area contributed by atoms with Gasteiger partial charge < -0.3 is 5.32 Å². The summed E-state index contributed by atoms with van der Waals surface area (Å²) < 4.78 is 57.6. The Bertz CT molecular complexity index is 1300. The molecule has 3 aromatic rings. The Balaban J connectivity index is 1.68. The first-order valence-corrected chi connectivity index (χ1v) is 13.2. The summed E-state index contributed by atoms with van der Waals surface area (Å²) in [6, 6.07) is 15.4. The summed E-state index contributed by atoms with van der Waals surface area (Å²) in [5, 5.41) is 3.37. The van der Waals surface area contributed by atoms with Crippen LogP contribution in [0.5, 0.6) is 0 Å². The quantitative estimate of drug-likeness (QED) is 0.477. The molecule has 0 aromatic heterocycles. The van der Waals surface area contributed by atoms with E-state index in [4.69, 9.17) is 0 Å². The Morgan fingerprint density at radius 3 is 2.29 bits per heavy atom. The van der Waals surface area contributed by atoms with E-state index in [0.29, 0.717) is 40.4 Å². The number of hydrogen-bond donors (Lipinski definition) is 1. The fourth-order valence-corrected chi connectivity index (χ4v) is 6.95. The Morgan fingerprint density at radius 2 is 1.59 bits per heavy atom. The molecule has 1 aliphatic heterocycles. The Kier molecular flexibility index (Phi) is 6.16. The number of sulfonamides is 1. The van der Waals surface area contributed by atoms with Gasteiger partial charge in [-0.2, -0.15) is 4.31 Å². The van der Waals surface area contributed by atoms with E-state index in [1.807, 2.05) is 0 Å². The molecule has 1 atom stereocenters. The van der Waals surface area contributed by atoms with Gasteiger partial charge in [-0.05, 0) is 65.8 Å². The minimum Gasteiger partial charge on any atom is -0.382 e. The lowest BCUT2D eigenvalue weighted by molar-refractivity contribution is 0.222. The van der Waals surface area contributed by atoms with Crippen LogP contribution in [0.3, 0.4) is 0 Å². The molecule has 1 aliphatic carbocycles. The van der Waals surface area contributed by atoms with Crippen molar-refractivity contribution in [3.8, 4) is 22.3 Å². The summed E-state index contributed by atoms with van der Waals surface area (Å²) in [7, 11) is -2.14. The minimum absolute atomic E-state index is 0.149. The van der Waals surface area contributed by atoms with Crippen LogP contribution in [0.15, 0.2) is 65.6 Å². The van der Waals surface area contributed by atoms with Crippen molar-refractivity contribution in [3.05, 3.63) is 72.3 Å². The van der Waals surface area contributed by atoms with E-state index in [-0.39, 0.29) is 10.9 Å². The molecular weight excluding hydrogens is 454 g/mol. The van der Waals surface area contributed by atoms with Gasteiger partial charge in [-0.3, -0.25) is 0 Å². The van der Waals surface area contributed by atoms with Gasteiger partial charge in [-0.1, -0.05) is 49.6 Å². The van der Waals surface area contributed by atoms with Crippen molar-refractivity contribution in [2.24, 2.45) is 5.92 Å². The number of rotatable bonds is 3. The van der Waals surface area contributed by atoms with Crippen LogP contribution in [0.1, 0.15) is 32.1 Å². The van der Waals surface area contributed by atoms with Gasteiger partial charge >= 0.3 is 0 Å². The number of benzene rings is 3. The average molecular weight is 483 g/mol. The standard InChI is InChI=1S/C27H28F2N2O2S/c1-31-26(19-7-3-2-4-8-19)17-30-25-15-23(21-9-5-6-10-24(21)29)22(16-27(25)34(31,32)33)18-11-13-20(28)14-12-18/h5-6,9-16,19,26,30H,2-4,7-8,17H2,1H3/t26-/m0/s1. The van der Waals surface area contributed by atoms with Gasteiger partial charge in [0, 0.05) is 25.2 Å². The van der Waals surface area contributed by atoms with Crippen LogP contribution in [0.2, 0.25) is 0 Å². The van der Waals surface area contributed by atoms with Gasteiger partial charge in [0.25, 0.3) is 0 Å². The minimum atomic E-state index is -3.80. The zero-order chi connectivity index (χ0) is 23.9. The molecule has 0 bridgehead atoms. The first-order chi connectivity index (χ1) is 16.4. The first kappa shape index (κ1) is 23.0. The summed E-state index contributed by atoms with van der Waals surface area (Å²) in [5.41, 5.74) is 2.55. The van der Waals surface area contributed by atoms with Gasteiger partial charge in [-0.15, -0.1) is 0 Å². The summed E-state index contributed by atoms with van der Waals surface area (Å²) >= 11 is 0. The maximum Gasteiger partial charge on any atom is 0.245 e.